The molecule has 0 fully saturated rings. The first-order valence-corrected chi connectivity index (χ1v) is 6.80. The molecule has 3 N–H and O–H groups in total. The lowest BCUT2D eigenvalue weighted by Gasteiger charge is -2.16. The number of carbonyl (C=O) groups excluding carboxylic acids is 1. The number of carbonyl (C=O) groups is 1. The second-order valence-electron chi connectivity index (χ2n) is 4.54. The Hall–Kier alpha value is -2.26. The molecule has 0 heterocycles. The van der Waals surface area contributed by atoms with Gasteiger partial charge in [0.2, 0.25) is 0 Å². The number of hydrogen-bond acceptors (Lipinski definition) is 5. The third kappa shape index (κ3) is 5.32. The third-order valence-electron chi connectivity index (χ3n) is 3.00. The zero-order valence-electron chi connectivity index (χ0n) is 12.4. The zero-order chi connectivity index (χ0) is 15.7. The van der Waals surface area contributed by atoms with E-state index in [4.69, 9.17) is 20.5 Å². The Morgan fingerprint density at radius 2 is 2.29 bits per heavy atom. The van der Waals surface area contributed by atoms with Crippen molar-refractivity contribution in [3.05, 3.63) is 23.8 Å². The van der Waals surface area contributed by atoms with Gasteiger partial charge < -0.3 is 20.5 Å². The van der Waals surface area contributed by atoms with Gasteiger partial charge in [-0.15, -0.1) is 0 Å². The fraction of sp³-hybridized carbons (Fsp3) is 0.467. The highest BCUT2D eigenvalue weighted by atomic mass is 16.5. The quantitative estimate of drug-likeness (QED) is 0.696. The minimum absolute atomic E-state index is 0.0203. The third-order valence-corrected chi connectivity index (χ3v) is 3.00. The number of hydrogen-bond donors (Lipinski definition) is 2. The summed E-state index contributed by atoms with van der Waals surface area (Å²) in [5.74, 6) is 0.730. The average Bonchev–Trinajstić information content (AvgIpc) is 2.51. The predicted molar refractivity (Wildman–Crippen MR) is 79.1 cm³/mol. The maximum absolute atomic E-state index is 11.5. The Balaban J connectivity index is 2.82. The lowest BCUT2D eigenvalue weighted by atomic mass is 10.0. The molecule has 1 aromatic rings. The van der Waals surface area contributed by atoms with Gasteiger partial charge in [0.25, 0.3) is 5.91 Å². The number of methoxy groups -OCH3 is 1. The number of para-hydroxylation sites is 1. The van der Waals surface area contributed by atoms with Gasteiger partial charge in [0.15, 0.2) is 18.1 Å². The first-order chi connectivity index (χ1) is 10.1. The van der Waals surface area contributed by atoms with Crippen molar-refractivity contribution in [1.82, 2.24) is 5.32 Å². The van der Waals surface area contributed by atoms with Gasteiger partial charge in [-0.3, -0.25) is 4.79 Å². The summed E-state index contributed by atoms with van der Waals surface area (Å²) >= 11 is 0. The van der Waals surface area contributed by atoms with Crippen molar-refractivity contribution in [2.24, 2.45) is 5.73 Å². The van der Waals surface area contributed by atoms with Crippen LogP contribution in [0, 0.1) is 11.3 Å². The Bertz CT molecular complexity index is 511. The summed E-state index contributed by atoms with van der Waals surface area (Å²) in [5, 5.41) is 10.8. The highest BCUT2D eigenvalue weighted by Crippen LogP contribution is 2.31. The lowest BCUT2D eigenvalue weighted by Crippen LogP contribution is -2.29. The van der Waals surface area contributed by atoms with E-state index in [0.717, 1.165) is 12.0 Å². The van der Waals surface area contributed by atoms with Crippen LogP contribution >= 0.6 is 0 Å². The maximum atomic E-state index is 11.5. The summed E-state index contributed by atoms with van der Waals surface area (Å²) in [7, 11) is 1.54. The number of nitrogens with two attached hydrogens (primary N) is 1. The first-order valence-electron chi connectivity index (χ1n) is 6.80. The van der Waals surface area contributed by atoms with Crippen LogP contribution in [0.2, 0.25) is 0 Å². The van der Waals surface area contributed by atoms with Crippen LogP contribution in [0.15, 0.2) is 18.2 Å². The van der Waals surface area contributed by atoms with Crippen LogP contribution in [0.4, 0.5) is 0 Å². The van der Waals surface area contributed by atoms with Crippen LogP contribution in [0.3, 0.4) is 0 Å². The summed E-state index contributed by atoms with van der Waals surface area (Å²) in [4.78, 5) is 11.5. The molecule has 0 radical (unpaired) electrons. The van der Waals surface area contributed by atoms with Crippen LogP contribution < -0.4 is 20.5 Å². The number of nitriles is 1. The molecule has 6 nitrogen and oxygen atoms in total. The van der Waals surface area contributed by atoms with Crippen molar-refractivity contribution in [1.29, 1.82) is 5.26 Å². The van der Waals surface area contributed by atoms with E-state index in [0.29, 0.717) is 17.9 Å². The topological polar surface area (TPSA) is 97.4 Å². The molecule has 0 saturated carbocycles. The van der Waals surface area contributed by atoms with Gasteiger partial charge in [0.05, 0.1) is 13.2 Å². The van der Waals surface area contributed by atoms with Gasteiger partial charge in [-0.05, 0) is 24.5 Å². The molecule has 6 heteroatoms. The van der Waals surface area contributed by atoms with Crippen molar-refractivity contribution in [3.63, 3.8) is 0 Å². The average molecular weight is 291 g/mol. The minimum atomic E-state index is -0.354. The summed E-state index contributed by atoms with van der Waals surface area (Å²) in [6, 6.07) is 7.39. The number of benzene rings is 1. The maximum Gasteiger partial charge on any atom is 0.258 e. The SMILES string of the molecule is CCC(N)Cc1cccc(OC)c1OCC(=O)NCC#N. The largest absolute Gasteiger partial charge is 0.493 e. The van der Waals surface area contributed by atoms with E-state index in [-0.39, 0.29) is 25.1 Å². The molecule has 1 rings (SSSR count). The fourth-order valence-electron chi connectivity index (χ4n) is 1.80. The van der Waals surface area contributed by atoms with Crippen LogP contribution in [0.5, 0.6) is 11.5 Å². The number of rotatable bonds is 8. The molecular weight excluding hydrogens is 270 g/mol. The van der Waals surface area contributed by atoms with E-state index >= 15 is 0 Å². The van der Waals surface area contributed by atoms with Gasteiger partial charge in [0, 0.05) is 6.04 Å². The Morgan fingerprint density at radius 3 is 2.90 bits per heavy atom. The molecule has 0 bridgehead atoms. The van der Waals surface area contributed by atoms with Crippen LogP contribution in [0.1, 0.15) is 18.9 Å². The van der Waals surface area contributed by atoms with Gasteiger partial charge in [-0.1, -0.05) is 19.1 Å². The summed E-state index contributed by atoms with van der Waals surface area (Å²) in [6.07, 6.45) is 1.49. The highest BCUT2D eigenvalue weighted by molar-refractivity contribution is 5.77. The molecule has 114 valence electrons. The smallest absolute Gasteiger partial charge is 0.258 e. The van der Waals surface area contributed by atoms with E-state index in [1.54, 1.807) is 13.2 Å². The van der Waals surface area contributed by atoms with Crippen molar-refractivity contribution in [3.8, 4) is 17.6 Å². The molecule has 1 amide bonds. The lowest BCUT2D eigenvalue weighted by molar-refractivity contribution is -0.122. The molecule has 21 heavy (non-hydrogen) atoms. The standard InChI is InChI=1S/C15H21N3O3/c1-3-12(17)9-11-5-4-6-13(20-2)15(11)21-10-14(19)18-8-7-16/h4-6,12H,3,8-10,17H2,1-2H3,(H,18,19). The molecular formula is C15H21N3O3. The molecule has 0 aliphatic rings. The monoisotopic (exact) mass is 291 g/mol. The molecule has 0 aromatic heterocycles. The molecule has 0 aliphatic carbocycles. The van der Waals surface area contributed by atoms with Crippen LogP contribution in [0.25, 0.3) is 0 Å². The molecule has 1 aromatic carbocycles. The van der Waals surface area contributed by atoms with Crippen molar-refractivity contribution in [2.45, 2.75) is 25.8 Å². The van der Waals surface area contributed by atoms with Crippen molar-refractivity contribution in [2.75, 3.05) is 20.3 Å². The van der Waals surface area contributed by atoms with E-state index in [1.807, 2.05) is 25.1 Å². The molecule has 0 aliphatic heterocycles. The number of ether oxygens (including phenoxy) is 2. The fourth-order valence-corrected chi connectivity index (χ4v) is 1.80. The summed E-state index contributed by atoms with van der Waals surface area (Å²) < 4.78 is 10.8. The Morgan fingerprint density at radius 1 is 1.52 bits per heavy atom. The molecule has 0 spiro atoms. The zero-order valence-corrected chi connectivity index (χ0v) is 12.4. The number of nitrogens with zero attached hydrogens (tertiary/aromatic N) is 1. The van der Waals surface area contributed by atoms with E-state index in [9.17, 15) is 4.79 Å². The van der Waals surface area contributed by atoms with Gasteiger partial charge in [-0.25, -0.2) is 0 Å². The van der Waals surface area contributed by atoms with Crippen molar-refractivity contribution >= 4 is 5.91 Å². The Kier molecular flexibility index (Phi) is 7.05. The van der Waals surface area contributed by atoms with Gasteiger partial charge >= 0.3 is 0 Å². The van der Waals surface area contributed by atoms with Crippen LogP contribution in [-0.4, -0.2) is 32.2 Å². The van der Waals surface area contributed by atoms with Crippen LogP contribution in [-0.2, 0) is 11.2 Å². The normalized spacial score (nSPS) is 11.3. The van der Waals surface area contributed by atoms with E-state index in [2.05, 4.69) is 5.32 Å². The second kappa shape index (κ2) is 8.82. The highest BCUT2D eigenvalue weighted by Gasteiger charge is 2.14. The number of amides is 1. The summed E-state index contributed by atoms with van der Waals surface area (Å²) in [6.45, 7) is 1.80. The summed E-state index contributed by atoms with van der Waals surface area (Å²) in [5.41, 5.74) is 6.88. The van der Waals surface area contributed by atoms with Gasteiger partial charge in [-0.2, -0.15) is 5.26 Å². The molecule has 0 saturated heterocycles. The number of nitrogens with one attached hydrogen (secondary N) is 1. The van der Waals surface area contributed by atoms with Gasteiger partial charge in [0.1, 0.15) is 6.54 Å². The van der Waals surface area contributed by atoms with Crippen molar-refractivity contribution < 1.29 is 14.3 Å². The predicted octanol–water partition coefficient (Wildman–Crippen LogP) is 0.994. The molecule has 1 unspecified atom stereocenters. The minimum Gasteiger partial charge on any atom is -0.493 e. The van der Waals surface area contributed by atoms with E-state index in [1.165, 1.54) is 0 Å². The second-order valence-corrected chi connectivity index (χ2v) is 4.54. The molecule has 1 atom stereocenters. The first kappa shape index (κ1) is 16.8. The van der Waals surface area contributed by atoms with E-state index < -0.39 is 0 Å². The Labute approximate surface area is 124 Å².